The van der Waals surface area contributed by atoms with Crippen molar-refractivity contribution in [2.24, 2.45) is 5.11 Å². The van der Waals surface area contributed by atoms with Crippen LogP contribution in [0, 0.1) is 0 Å². The molecule has 3 heterocycles. The Kier molecular flexibility index (Phi) is 4.43. The largest absolute Gasteiger partial charge is 0.394 e. The van der Waals surface area contributed by atoms with E-state index in [9.17, 15) is 5.11 Å². The molecular weight excluding hydrogens is 386 g/mol. The molecule has 2 fully saturated rings. The van der Waals surface area contributed by atoms with Gasteiger partial charge in [0.15, 0.2) is 17.0 Å². The van der Waals surface area contributed by atoms with Crippen LogP contribution in [0.5, 0.6) is 0 Å². The zero-order valence-electron chi connectivity index (χ0n) is 16.1. The molecule has 3 aromatic rings. The summed E-state index contributed by atoms with van der Waals surface area (Å²) in [6.45, 7) is -0.240. The van der Waals surface area contributed by atoms with Gasteiger partial charge in [0.1, 0.15) is 6.23 Å². The van der Waals surface area contributed by atoms with Crippen LogP contribution in [0.3, 0.4) is 0 Å². The van der Waals surface area contributed by atoms with Crippen LogP contribution in [0.25, 0.3) is 21.6 Å². The minimum absolute atomic E-state index is 0.124. The first-order valence-electron chi connectivity index (χ1n) is 9.78. The third-order valence-corrected chi connectivity index (χ3v) is 5.77. The first kappa shape index (κ1) is 18.6. The van der Waals surface area contributed by atoms with E-state index in [2.05, 4.69) is 42.4 Å². The summed E-state index contributed by atoms with van der Waals surface area (Å²) in [5.74, 6) is 0.694. The molecule has 5 rings (SSSR count). The second kappa shape index (κ2) is 7.13. The summed E-state index contributed by atoms with van der Waals surface area (Å²) in [6, 6.07) is 9.75. The molecule has 2 aromatic heterocycles. The number of aromatic nitrogens is 4. The Morgan fingerprint density at radius 2 is 2.13 bits per heavy atom. The van der Waals surface area contributed by atoms with Gasteiger partial charge in [0.2, 0.25) is 5.95 Å². The summed E-state index contributed by atoms with van der Waals surface area (Å²) < 4.78 is 7.62. The lowest BCUT2D eigenvalue weighted by Gasteiger charge is -2.19. The summed E-state index contributed by atoms with van der Waals surface area (Å²) in [6.07, 6.45) is 2.94. The van der Waals surface area contributed by atoms with Crippen molar-refractivity contribution in [1.82, 2.24) is 19.5 Å². The molecule has 1 aromatic carbocycles. The lowest BCUT2D eigenvalue weighted by molar-refractivity contribution is -0.0232. The molecule has 1 saturated carbocycles. The van der Waals surface area contributed by atoms with Crippen molar-refractivity contribution in [2.75, 3.05) is 17.7 Å². The van der Waals surface area contributed by atoms with Crippen molar-refractivity contribution in [2.45, 2.75) is 43.2 Å². The molecule has 1 aliphatic heterocycles. The van der Waals surface area contributed by atoms with Crippen molar-refractivity contribution < 1.29 is 9.84 Å². The van der Waals surface area contributed by atoms with Crippen LogP contribution in [0.4, 0.5) is 11.8 Å². The van der Waals surface area contributed by atoms with Crippen LogP contribution in [-0.2, 0) is 10.3 Å². The molecule has 154 valence electrons. The maximum atomic E-state index is 9.53. The fourth-order valence-electron chi connectivity index (χ4n) is 4.06. The van der Waals surface area contributed by atoms with Gasteiger partial charge in [0, 0.05) is 11.3 Å². The van der Waals surface area contributed by atoms with Crippen molar-refractivity contribution >= 4 is 22.9 Å². The monoisotopic (exact) mass is 407 g/mol. The van der Waals surface area contributed by atoms with Gasteiger partial charge in [-0.25, -0.2) is 4.98 Å². The van der Waals surface area contributed by atoms with Crippen LogP contribution < -0.4 is 11.1 Å². The maximum absolute atomic E-state index is 9.53. The van der Waals surface area contributed by atoms with E-state index >= 15 is 0 Å². The van der Waals surface area contributed by atoms with Crippen molar-refractivity contribution in [3.8, 4) is 0 Å². The fraction of sp³-hybridized carbons (Fsp3) is 0.421. The third kappa shape index (κ3) is 3.09. The van der Waals surface area contributed by atoms with Crippen LogP contribution in [0.2, 0.25) is 0 Å². The van der Waals surface area contributed by atoms with Crippen LogP contribution >= 0.6 is 0 Å². The Bertz CT molecular complexity index is 1120. The average molecular weight is 407 g/mol. The number of anilines is 2. The number of hydrogen-bond acceptors (Lipinski definition) is 8. The highest BCUT2D eigenvalue weighted by atomic mass is 16.5. The van der Waals surface area contributed by atoms with Gasteiger partial charge in [-0.3, -0.25) is 4.57 Å². The molecule has 0 amide bonds. The third-order valence-electron chi connectivity index (χ3n) is 5.77. The Morgan fingerprint density at radius 1 is 1.33 bits per heavy atom. The lowest BCUT2D eigenvalue weighted by atomic mass is 10.1. The van der Waals surface area contributed by atoms with E-state index < -0.39 is 18.4 Å². The van der Waals surface area contributed by atoms with Crippen molar-refractivity contribution in [3.63, 3.8) is 0 Å². The number of ether oxygens (including phenoxy) is 1. The predicted octanol–water partition coefficient (Wildman–Crippen LogP) is 2.47. The Hall–Kier alpha value is -3.40. The second-order valence-corrected chi connectivity index (χ2v) is 7.65. The summed E-state index contributed by atoms with van der Waals surface area (Å²) in [4.78, 5) is 16.1. The highest BCUT2D eigenvalue weighted by Gasteiger charge is 2.45. The normalized spacial score (nSPS) is 24.5. The number of nitrogens with one attached hydrogen (secondary N) is 1. The fourth-order valence-corrected chi connectivity index (χ4v) is 4.06. The summed E-state index contributed by atoms with van der Waals surface area (Å²) in [5.41, 5.74) is 16.9. The molecule has 0 radical (unpaired) electrons. The molecule has 2 aliphatic rings. The highest BCUT2D eigenvalue weighted by Crippen LogP contribution is 2.48. The molecule has 0 bridgehead atoms. The smallest absolute Gasteiger partial charge is 0.224 e. The number of aliphatic hydroxyl groups is 1. The van der Waals surface area contributed by atoms with E-state index in [0.29, 0.717) is 23.4 Å². The number of benzene rings is 1. The van der Waals surface area contributed by atoms with Gasteiger partial charge in [-0.05, 0) is 23.9 Å². The van der Waals surface area contributed by atoms with E-state index in [-0.39, 0.29) is 18.1 Å². The van der Waals surface area contributed by atoms with Gasteiger partial charge < -0.3 is 20.9 Å². The molecule has 4 N–H and O–H groups in total. The summed E-state index contributed by atoms with van der Waals surface area (Å²) in [5, 5.41) is 16.8. The molecule has 3 atom stereocenters. The number of rotatable bonds is 6. The molecule has 0 unspecified atom stereocenters. The van der Waals surface area contributed by atoms with Gasteiger partial charge in [-0.2, -0.15) is 9.97 Å². The minimum atomic E-state index is -0.576. The van der Waals surface area contributed by atoms with E-state index in [4.69, 9.17) is 16.0 Å². The lowest BCUT2D eigenvalue weighted by Crippen LogP contribution is -2.23. The van der Waals surface area contributed by atoms with Gasteiger partial charge in [0.05, 0.1) is 30.6 Å². The highest BCUT2D eigenvalue weighted by molar-refractivity contribution is 5.85. The zero-order chi connectivity index (χ0) is 20.7. The molecule has 30 heavy (non-hydrogen) atoms. The number of nitrogens with zero attached hydrogens (tertiary/aromatic N) is 7. The first-order chi connectivity index (χ1) is 14.6. The SMILES string of the molecule is [N-]=[N+]=N[C@H]1C[C@H](n2cnc3c(NC4(c5ccccc5)CC4)nc(N)nc32)O[C@@H]1CO. The number of nitrogens with two attached hydrogens (primary N) is 1. The second-order valence-electron chi connectivity index (χ2n) is 7.65. The van der Waals surface area contributed by atoms with E-state index in [0.717, 1.165) is 12.8 Å². The Morgan fingerprint density at radius 3 is 2.83 bits per heavy atom. The van der Waals surface area contributed by atoms with Crippen LogP contribution in [-0.4, -0.2) is 43.4 Å². The number of imidazole rings is 1. The van der Waals surface area contributed by atoms with Crippen LogP contribution in [0.1, 0.15) is 31.1 Å². The number of aliphatic hydroxyl groups excluding tert-OH is 1. The Balaban J connectivity index is 1.50. The van der Waals surface area contributed by atoms with Crippen LogP contribution in [0.15, 0.2) is 41.8 Å². The Labute approximate surface area is 171 Å². The molecular formula is C19H21N9O2. The summed E-state index contributed by atoms with van der Waals surface area (Å²) in [7, 11) is 0. The minimum Gasteiger partial charge on any atom is -0.394 e. The van der Waals surface area contributed by atoms with E-state index in [1.54, 1.807) is 10.9 Å². The van der Waals surface area contributed by atoms with E-state index in [1.807, 2.05) is 18.2 Å². The number of azide groups is 1. The molecule has 1 saturated heterocycles. The van der Waals surface area contributed by atoms with E-state index in [1.165, 1.54) is 5.56 Å². The topological polar surface area (TPSA) is 160 Å². The predicted molar refractivity (Wildman–Crippen MR) is 109 cm³/mol. The average Bonchev–Trinajstić information content (AvgIpc) is 3.23. The zero-order valence-corrected chi connectivity index (χ0v) is 16.1. The molecule has 0 spiro atoms. The number of fused-ring (bicyclic) bond motifs is 1. The van der Waals surface area contributed by atoms with Gasteiger partial charge >= 0.3 is 0 Å². The van der Waals surface area contributed by atoms with Gasteiger partial charge in [-0.1, -0.05) is 35.4 Å². The molecule has 1 aliphatic carbocycles. The van der Waals surface area contributed by atoms with Gasteiger partial charge in [-0.15, -0.1) is 0 Å². The van der Waals surface area contributed by atoms with Crippen molar-refractivity contribution in [3.05, 3.63) is 52.7 Å². The quantitative estimate of drug-likeness (QED) is 0.321. The number of hydrogen-bond donors (Lipinski definition) is 3. The number of nitrogen functional groups attached to an aromatic ring is 1. The summed E-state index contributed by atoms with van der Waals surface area (Å²) >= 11 is 0. The maximum Gasteiger partial charge on any atom is 0.224 e. The first-order valence-corrected chi connectivity index (χ1v) is 9.78. The van der Waals surface area contributed by atoms with Gasteiger partial charge in [0.25, 0.3) is 0 Å². The standard InChI is InChI=1S/C19H21N9O2/c20-18-23-16(25-19(6-7-19)11-4-2-1-3-5-11)15-17(24-18)28(10-22-15)14-8-12(26-27-21)13(9-29)30-14/h1-5,10,12-14,29H,6-9H2,(H3,20,23,24,25)/t12-,13+,14+/m0/s1. The molecule has 11 nitrogen and oxygen atoms in total. The molecule has 11 heteroatoms. The van der Waals surface area contributed by atoms with Crippen molar-refractivity contribution in [1.29, 1.82) is 0 Å².